The zero-order valence-corrected chi connectivity index (χ0v) is 16.7. The second-order valence-corrected chi connectivity index (χ2v) is 7.04. The van der Waals surface area contributed by atoms with Crippen LogP contribution in [0.25, 0.3) is 0 Å². The Labute approximate surface area is 178 Å². The molecule has 172 valence electrons. The number of hydrogen-bond acceptors (Lipinski definition) is 6. The summed E-state index contributed by atoms with van der Waals surface area (Å²) in [6.07, 6.45) is -6.82. The Morgan fingerprint density at radius 3 is 2.59 bits per heavy atom. The van der Waals surface area contributed by atoms with Crippen LogP contribution in [0.4, 0.5) is 22.0 Å². The van der Waals surface area contributed by atoms with E-state index in [0.717, 1.165) is 17.1 Å². The van der Waals surface area contributed by atoms with Gasteiger partial charge >= 0.3 is 6.43 Å². The highest BCUT2D eigenvalue weighted by molar-refractivity contribution is 6.27. The molecule has 0 spiro atoms. The van der Waals surface area contributed by atoms with Crippen LogP contribution in [0.15, 0.2) is 29.8 Å². The van der Waals surface area contributed by atoms with Crippen molar-refractivity contribution in [2.75, 3.05) is 0 Å². The van der Waals surface area contributed by atoms with Crippen molar-refractivity contribution in [1.29, 1.82) is 0 Å². The molecule has 0 radical (unpaired) electrons. The lowest BCUT2D eigenvalue weighted by atomic mass is 9.90. The predicted octanol–water partition coefficient (Wildman–Crippen LogP) is 4.26. The molecule has 7 nitrogen and oxygen atoms in total. The summed E-state index contributed by atoms with van der Waals surface area (Å²) in [6.45, 7) is 1.13. The SMILES string of the molecule is Cc1c(OC(F)C(F)F)ccnc1Cn1cc(C(=O)C2=C(O)CCCC2=O)c(C(F)F)n1. The lowest BCUT2D eigenvalue weighted by Crippen LogP contribution is -2.20. The fraction of sp³-hybridized carbons (Fsp3) is 0.400. The first-order valence-corrected chi connectivity index (χ1v) is 9.49. The Kier molecular flexibility index (Phi) is 6.90. The van der Waals surface area contributed by atoms with Crippen molar-refractivity contribution >= 4 is 11.6 Å². The van der Waals surface area contributed by atoms with Crippen LogP contribution < -0.4 is 4.74 Å². The molecular weight excluding hydrogens is 441 g/mol. The largest absolute Gasteiger partial charge is 0.511 e. The topological polar surface area (TPSA) is 94.3 Å². The van der Waals surface area contributed by atoms with Crippen molar-refractivity contribution in [1.82, 2.24) is 14.8 Å². The first-order chi connectivity index (χ1) is 15.1. The van der Waals surface area contributed by atoms with Gasteiger partial charge in [-0.05, 0) is 19.4 Å². The number of carbonyl (C=O) groups excluding carboxylic acids is 2. The summed E-state index contributed by atoms with van der Waals surface area (Å²) in [5.41, 5.74) is -1.67. The van der Waals surface area contributed by atoms with E-state index in [9.17, 15) is 36.6 Å². The van der Waals surface area contributed by atoms with Gasteiger partial charge in [-0.1, -0.05) is 0 Å². The maximum Gasteiger partial charge on any atom is 0.304 e. The van der Waals surface area contributed by atoms with E-state index in [1.54, 1.807) is 0 Å². The molecule has 2 heterocycles. The average Bonchev–Trinajstić information content (AvgIpc) is 3.15. The van der Waals surface area contributed by atoms with Crippen molar-refractivity contribution in [2.24, 2.45) is 0 Å². The van der Waals surface area contributed by atoms with E-state index >= 15 is 0 Å². The number of alkyl halides is 5. The predicted molar refractivity (Wildman–Crippen MR) is 99.6 cm³/mol. The van der Waals surface area contributed by atoms with Gasteiger partial charge in [0, 0.05) is 30.8 Å². The molecule has 32 heavy (non-hydrogen) atoms. The Balaban J connectivity index is 1.93. The molecule has 1 aliphatic rings. The van der Waals surface area contributed by atoms with Crippen molar-refractivity contribution in [3.05, 3.63) is 52.3 Å². The Hall–Kier alpha value is -3.31. The van der Waals surface area contributed by atoms with Crippen LogP contribution in [0.2, 0.25) is 0 Å². The Bertz CT molecular complexity index is 1070. The lowest BCUT2D eigenvalue weighted by molar-refractivity contribution is -0.116. The third-order valence-corrected chi connectivity index (χ3v) is 4.86. The minimum atomic E-state index is -3.37. The molecule has 0 saturated heterocycles. The van der Waals surface area contributed by atoms with Crippen molar-refractivity contribution in [2.45, 2.75) is 51.9 Å². The molecule has 2 aromatic rings. The number of halogens is 5. The summed E-state index contributed by atoms with van der Waals surface area (Å²) in [5, 5.41) is 13.6. The fourth-order valence-corrected chi connectivity index (χ4v) is 3.25. The molecular formula is C20H18F5N3O4. The number of nitrogens with zero attached hydrogens (tertiary/aromatic N) is 3. The first kappa shape index (κ1) is 23.4. The molecule has 0 fully saturated rings. The molecule has 1 atom stereocenters. The maximum atomic E-state index is 13.5. The number of carbonyl (C=O) groups is 2. The highest BCUT2D eigenvalue weighted by Gasteiger charge is 2.32. The van der Waals surface area contributed by atoms with Crippen LogP contribution in [0.3, 0.4) is 0 Å². The highest BCUT2D eigenvalue weighted by Crippen LogP contribution is 2.29. The van der Waals surface area contributed by atoms with Gasteiger partial charge < -0.3 is 9.84 Å². The zero-order valence-electron chi connectivity index (χ0n) is 16.7. The number of Topliss-reactive ketones (excluding diaryl/α,β-unsaturated/α-hetero) is 2. The summed E-state index contributed by atoms with van der Waals surface area (Å²) in [7, 11) is 0. The average molecular weight is 459 g/mol. The second-order valence-electron chi connectivity index (χ2n) is 7.04. The van der Waals surface area contributed by atoms with Gasteiger partial charge in [0.05, 0.1) is 17.8 Å². The zero-order chi connectivity index (χ0) is 23.6. The smallest absolute Gasteiger partial charge is 0.304 e. The standard InChI is InChI=1S/C20H18F5N3O4/c1-9-11(26-6-5-14(9)32-20(25)19(23)24)8-28-7-10(16(27-28)18(21)22)17(31)15-12(29)3-2-4-13(15)30/h5-7,18-20,29H,2-4,8H2,1H3. The van der Waals surface area contributed by atoms with Gasteiger partial charge in [-0.25, -0.2) is 17.6 Å². The number of aliphatic hydroxyl groups is 1. The number of pyridine rings is 1. The minimum absolute atomic E-state index is 0.00731. The second kappa shape index (κ2) is 9.45. The number of rotatable bonds is 8. The number of ketones is 2. The van der Waals surface area contributed by atoms with Crippen LogP contribution in [-0.2, 0) is 11.3 Å². The first-order valence-electron chi connectivity index (χ1n) is 9.49. The third kappa shape index (κ3) is 4.78. The molecule has 1 N–H and O–H groups in total. The molecule has 0 saturated carbocycles. The van der Waals surface area contributed by atoms with E-state index in [4.69, 9.17) is 0 Å². The monoisotopic (exact) mass is 459 g/mol. The molecule has 2 aromatic heterocycles. The summed E-state index contributed by atoms with van der Waals surface area (Å²) in [5.74, 6) is -2.38. The van der Waals surface area contributed by atoms with Gasteiger partial charge in [0.15, 0.2) is 5.78 Å². The van der Waals surface area contributed by atoms with Gasteiger partial charge in [-0.3, -0.25) is 19.3 Å². The van der Waals surface area contributed by atoms with E-state index in [0.29, 0.717) is 6.42 Å². The normalized spacial score (nSPS) is 15.6. The Morgan fingerprint density at radius 2 is 1.97 bits per heavy atom. The molecule has 12 heteroatoms. The van der Waals surface area contributed by atoms with Gasteiger partial charge in [-0.15, -0.1) is 0 Å². The van der Waals surface area contributed by atoms with Gasteiger partial charge in [0.25, 0.3) is 12.8 Å². The van der Waals surface area contributed by atoms with Crippen molar-refractivity contribution in [3.8, 4) is 5.75 Å². The van der Waals surface area contributed by atoms with Gasteiger partial charge in [-0.2, -0.15) is 9.49 Å². The summed E-state index contributed by atoms with van der Waals surface area (Å²) >= 11 is 0. The van der Waals surface area contributed by atoms with E-state index in [1.807, 2.05) is 0 Å². The van der Waals surface area contributed by atoms with E-state index in [2.05, 4.69) is 14.8 Å². The minimum Gasteiger partial charge on any atom is -0.511 e. The number of hydrogen-bond donors (Lipinski definition) is 1. The lowest BCUT2D eigenvalue weighted by Gasteiger charge is -2.14. The molecule has 1 aliphatic carbocycles. The fourth-order valence-electron chi connectivity index (χ4n) is 3.25. The van der Waals surface area contributed by atoms with Gasteiger partial charge in [0.2, 0.25) is 5.78 Å². The third-order valence-electron chi connectivity index (χ3n) is 4.86. The Morgan fingerprint density at radius 1 is 1.25 bits per heavy atom. The number of aromatic nitrogens is 3. The van der Waals surface area contributed by atoms with Crippen LogP contribution in [0.5, 0.6) is 5.75 Å². The summed E-state index contributed by atoms with van der Waals surface area (Å²) in [6, 6.07) is 1.17. The quantitative estimate of drug-likeness (QED) is 0.360. The van der Waals surface area contributed by atoms with E-state index in [1.165, 1.54) is 13.0 Å². The van der Waals surface area contributed by atoms with Gasteiger partial charge in [0.1, 0.15) is 22.8 Å². The summed E-state index contributed by atoms with van der Waals surface area (Å²) < 4.78 is 70.7. The number of allylic oxidation sites excluding steroid dienone is 2. The molecule has 3 rings (SSSR count). The number of aliphatic hydroxyl groups excluding tert-OH is 1. The maximum absolute atomic E-state index is 13.5. The van der Waals surface area contributed by atoms with E-state index in [-0.39, 0.29) is 36.4 Å². The van der Waals surface area contributed by atoms with Crippen LogP contribution in [0, 0.1) is 6.92 Å². The number of ether oxygens (including phenoxy) is 1. The highest BCUT2D eigenvalue weighted by atomic mass is 19.3. The molecule has 0 aliphatic heterocycles. The van der Waals surface area contributed by atoms with Crippen molar-refractivity contribution < 1.29 is 41.4 Å². The van der Waals surface area contributed by atoms with Crippen LogP contribution >= 0.6 is 0 Å². The van der Waals surface area contributed by atoms with Crippen LogP contribution in [-0.4, -0.2) is 44.2 Å². The van der Waals surface area contributed by atoms with E-state index < -0.39 is 53.4 Å². The molecule has 1 unspecified atom stereocenters. The van der Waals surface area contributed by atoms with Crippen LogP contribution in [0.1, 0.15) is 53.0 Å². The molecule has 0 bridgehead atoms. The summed E-state index contributed by atoms with van der Waals surface area (Å²) in [4.78, 5) is 28.8. The van der Waals surface area contributed by atoms with Crippen molar-refractivity contribution in [3.63, 3.8) is 0 Å². The molecule has 0 amide bonds. The molecule has 0 aromatic carbocycles.